The first kappa shape index (κ1) is 13.6. The van der Waals surface area contributed by atoms with Crippen LogP contribution >= 0.6 is 15.9 Å². The Morgan fingerprint density at radius 3 is 2.62 bits per heavy atom. The second-order valence-corrected chi connectivity index (χ2v) is 5.57. The van der Waals surface area contributed by atoms with E-state index in [1.165, 1.54) is 0 Å². The lowest BCUT2D eigenvalue weighted by Gasteiger charge is -2.10. The second kappa shape index (κ2) is 5.21. The van der Waals surface area contributed by atoms with E-state index in [1.807, 2.05) is 37.4 Å². The van der Waals surface area contributed by atoms with Crippen LogP contribution in [-0.4, -0.2) is 17.0 Å². The molecule has 106 valence electrons. The number of halogens is 1. The maximum absolute atomic E-state index is 6.07. The molecule has 0 aliphatic carbocycles. The van der Waals surface area contributed by atoms with E-state index in [4.69, 9.17) is 11.5 Å². The molecule has 0 bridgehead atoms. The Bertz CT molecular complexity index is 832. The average Bonchev–Trinajstić information content (AvgIpc) is 2.46. The molecule has 3 rings (SSSR count). The Labute approximate surface area is 130 Å². The first-order valence-corrected chi connectivity index (χ1v) is 7.18. The van der Waals surface area contributed by atoms with Gasteiger partial charge < -0.3 is 16.8 Å². The maximum atomic E-state index is 6.07. The average molecular weight is 344 g/mol. The number of fused-ring (bicyclic) bond motifs is 1. The molecule has 1 aromatic heterocycles. The highest BCUT2D eigenvalue weighted by molar-refractivity contribution is 9.10. The lowest BCUT2D eigenvalue weighted by atomic mass is 10.1. The van der Waals surface area contributed by atoms with Gasteiger partial charge in [0.1, 0.15) is 5.82 Å². The third kappa shape index (κ3) is 2.50. The van der Waals surface area contributed by atoms with Crippen LogP contribution in [0.25, 0.3) is 22.3 Å². The van der Waals surface area contributed by atoms with E-state index in [1.54, 1.807) is 6.07 Å². The summed E-state index contributed by atoms with van der Waals surface area (Å²) in [5, 5.41) is 3.81. The van der Waals surface area contributed by atoms with E-state index in [9.17, 15) is 0 Å². The zero-order valence-electron chi connectivity index (χ0n) is 11.4. The van der Waals surface area contributed by atoms with Crippen LogP contribution in [0.3, 0.4) is 0 Å². The van der Waals surface area contributed by atoms with Crippen LogP contribution in [0.4, 0.5) is 17.2 Å². The summed E-state index contributed by atoms with van der Waals surface area (Å²) in [6.07, 6.45) is 0. The number of nitrogens with one attached hydrogen (secondary N) is 1. The van der Waals surface area contributed by atoms with E-state index in [2.05, 4.69) is 31.2 Å². The summed E-state index contributed by atoms with van der Waals surface area (Å²) in [7, 11) is 1.81. The molecule has 0 saturated heterocycles. The highest BCUT2D eigenvalue weighted by Gasteiger charge is 2.10. The summed E-state index contributed by atoms with van der Waals surface area (Å²) in [5.41, 5.74) is 15.1. The van der Waals surface area contributed by atoms with Crippen molar-refractivity contribution in [3.8, 4) is 11.4 Å². The standard InChI is InChI=1S/C15H14BrN5/c1-19-13-6-10-12(7-11(13)17)20-15(21-14(10)18)8-3-2-4-9(16)5-8/h2-7,19H,17H2,1H3,(H2,18,20,21). The minimum Gasteiger partial charge on any atom is -0.397 e. The van der Waals surface area contributed by atoms with Crippen LogP contribution in [0.15, 0.2) is 40.9 Å². The fourth-order valence-corrected chi connectivity index (χ4v) is 2.59. The smallest absolute Gasteiger partial charge is 0.162 e. The predicted octanol–water partition coefficient (Wildman–Crippen LogP) is 3.27. The molecule has 21 heavy (non-hydrogen) atoms. The van der Waals surface area contributed by atoms with Crippen molar-refractivity contribution in [3.05, 3.63) is 40.9 Å². The summed E-state index contributed by atoms with van der Waals surface area (Å²) in [5.74, 6) is 1.02. The normalized spacial score (nSPS) is 10.8. The molecule has 5 N–H and O–H groups in total. The fourth-order valence-electron chi connectivity index (χ4n) is 2.19. The molecule has 0 aliphatic heterocycles. The maximum Gasteiger partial charge on any atom is 0.162 e. The summed E-state index contributed by atoms with van der Waals surface area (Å²) < 4.78 is 0.965. The SMILES string of the molecule is CNc1cc2c(N)nc(-c3cccc(Br)c3)nc2cc1N. The highest BCUT2D eigenvalue weighted by atomic mass is 79.9. The van der Waals surface area contributed by atoms with Crippen LogP contribution in [0, 0.1) is 0 Å². The van der Waals surface area contributed by atoms with E-state index < -0.39 is 0 Å². The number of aromatic nitrogens is 2. The number of rotatable bonds is 2. The molecule has 1 heterocycles. The van der Waals surface area contributed by atoms with Crippen LogP contribution in [0.1, 0.15) is 0 Å². The molecule has 3 aromatic rings. The van der Waals surface area contributed by atoms with Crippen molar-refractivity contribution in [2.45, 2.75) is 0 Å². The van der Waals surface area contributed by atoms with Crippen molar-refractivity contribution in [2.75, 3.05) is 23.8 Å². The van der Waals surface area contributed by atoms with Gasteiger partial charge in [0.15, 0.2) is 5.82 Å². The molecule has 0 atom stereocenters. The van der Waals surface area contributed by atoms with Gasteiger partial charge in [-0.3, -0.25) is 0 Å². The summed E-state index contributed by atoms with van der Waals surface area (Å²) in [6.45, 7) is 0. The minimum absolute atomic E-state index is 0.437. The summed E-state index contributed by atoms with van der Waals surface area (Å²) in [4.78, 5) is 8.96. The van der Waals surface area contributed by atoms with Gasteiger partial charge in [0.05, 0.1) is 16.9 Å². The molecular weight excluding hydrogens is 330 g/mol. The van der Waals surface area contributed by atoms with E-state index >= 15 is 0 Å². The highest BCUT2D eigenvalue weighted by Crippen LogP contribution is 2.30. The molecule has 0 aliphatic rings. The molecular formula is C15H14BrN5. The number of benzene rings is 2. The Morgan fingerprint density at radius 2 is 1.90 bits per heavy atom. The number of nitrogens with two attached hydrogens (primary N) is 2. The van der Waals surface area contributed by atoms with Gasteiger partial charge in [-0.15, -0.1) is 0 Å². The lowest BCUT2D eigenvalue weighted by molar-refractivity contribution is 1.23. The number of nitrogens with zero attached hydrogens (tertiary/aromatic N) is 2. The van der Waals surface area contributed by atoms with Gasteiger partial charge in [-0.05, 0) is 24.3 Å². The molecule has 0 amide bonds. The quantitative estimate of drug-likeness (QED) is 0.621. The number of hydrogen-bond donors (Lipinski definition) is 3. The van der Waals surface area contributed by atoms with Crippen LogP contribution < -0.4 is 16.8 Å². The van der Waals surface area contributed by atoms with Crippen molar-refractivity contribution < 1.29 is 0 Å². The van der Waals surface area contributed by atoms with Gasteiger partial charge in [-0.1, -0.05) is 28.1 Å². The summed E-state index contributed by atoms with van der Waals surface area (Å²) in [6, 6.07) is 11.4. The Morgan fingerprint density at radius 1 is 1.10 bits per heavy atom. The first-order chi connectivity index (χ1) is 10.1. The Kier molecular flexibility index (Phi) is 3.39. The molecule has 0 spiro atoms. The third-order valence-electron chi connectivity index (χ3n) is 3.25. The van der Waals surface area contributed by atoms with Gasteiger partial charge >= 0.3 is 0 Å². The van der Waals surface area contributed by atoms with Crippen LogP contribution in [0.2, 0.25) is 0 Å². The molecule has 2 aromatic carbocycles. The lowest BCUT2D eigenvalue weighted by Crippen LogP contribution is -2.01. The van der Waals surface area contributed by atoms with Gasteiger partial charge in [0, 0.05) is 22.5 Å². The topological polar surface area (TPSA) is 89.8 Å². The van der Waals surface area contributed by atoms with Gasteiger partial charge in [0.25, 0.3) is 0 Å². The second-order valence-electron chi connectivity index (χ2n) is 4.65. The van der Waals surface area contributed by atoms with Crippen molar-refractivity contribution in [2.24, 2.45) is 0 Å². The van der Waals surface area contributed by atoms with Gasteiger partial charge in [-0.2, -0.15) is 0 Å². The van der Waals surface area contributed by atoms with Crippen molar-refractivity contribution in [1.29, 1.82) is 0 Å². The third-order valence-corrected chi connectivity index (χ3v) is 3.74. The molecule has 5 nitrogen and oxygen atoms in total. The van der Waals surface area contributed by atoms with Gasteiger partial charge in [0.2, 0.25) is 0 Å². The van der Waals surface area contributed by atoms with Crippen LogP contribution in [0.5, 0.6) is 0 Å². The zero-order valence-corrected chi connectivity index (χ0v) is 13.0. The molecule has 0 unspecified atom stereocenters. The number of nitrogen functional groups attached to an aromatic ring is 2. The monoisotopic (exact) mass is 343 g/mol. The first-order valence-electron chi connectivity index (χ1n) is 6.39. The van der Waals surface area contributed by atoms with E-state index in [-0.39, 0.29) is 0 Å². The largest absolute Gasteiger partial charge is 0.397 e. The zero-order chi connectivity index (χ0) is 15.0. The molecule has 6 heteroatoms. The van der Waals surface area contributed by atoms with Crippen LogP contribution in [-0.2, 0) is 0 Å². The summed E-state index contributed by atoms with van der Waals surface area (Å²) >= 11 is 3.44. The minimum atomic E-state index is 0.437. The number of hydrogen-bond acceptors (Lipinski definition) is 5. The molecule has 0 radical (unpaired) electrons. The Hall–Kier alpha value is -2.34. The molecule has 0 saturated carbocycles. The van der Waals surface area contributed by atoms with Gasteiger partial charge in [-0.25, -0.2) is 9.97 Å². The molecule has 0 fully saturated rings. The van der Waals surface area contributed by atoms with Crippen molar-refractivity contribution >= 4 is 44.0 Å². The number of anilines is 3. The van der Waals surface area contributed by atoms with Crippen molar-refractivity contribution in [1.82, 2.24) is 9.97 Å². The fraction of sp³-hybridized carbons (Fsp3) is 0.0667. The van der Waals surface area contributed by atoms with Crippen molar-refractivity contribution in [3.63, 3.8) is 0 Å². The van der Waals surface area contributed by atoms with E-state index in [0.29, 0.717) is 17.3 Å². The predicted molar refractivity (Wildman–Crippen MR) is 91.0 cm³/mol. The Balaban J connectivity index is 2.23. The van der Waals surface area contributed by atoms with E-state index in [0.717, 1.165) is 26.6 Å².